The first kappa shape index (κ1) is 17.8. The van der Waals surface area contributed by atoms with Crippen LogP contribution in [-0.2, 0) is 0 Å². The minimum absolute atomic E-state index is 0.00981. The molecule has 0 aromatic heterocycles. The van der Waals surface area contributed by atoms with Crippen LogP contribution in [0.15, 0.2) is 24.3 Å². The summed E-state index contributed by atoms with van der Waals surface area (Å²) in [5, 5.41) is 11.4. The minimum atomic E-state index is -0.0565. The van der Waals surface area contributed by atoms with Gasteiger partial charge >= 0.3 is 0 Å². The quantitative estimate of drug-likeness (QED) is 0.548. The molecule has 1 atom stereocenters. The van der Waals surface area contributed by atoms with Crippen LogP contribution in [0.25, 0.3) is 11.1 Å². The first-order valence-electron chi connectivity index (χ1n) is 8.89. The van der Waals surface area contributed by atoms with Crippen LogP contribution in [0, 0.1) is 12.3 Å². The Morgan fingerprint density at radius 3 is 2.89 bits per heavy atom. The van der Waals surface area contributed by atoms with Gasteiger partial charge in [-0.25, -0.2) is 0 Å². The average molecular weight is 385 g/mol. The number of anilines is 1. The summed E-state index contributed by atoms with van der Waals surface area (Å²) in [6.45, 7) is 4.47. The highest BCUT2D eigenvalue weighted by atomic mass is 35.5. The van der Waals surface area contributed by atoms with Crippen LogP contribution in [0.3, 0.4) is 0 Å². The number of nitrogens with two attached hydrogens (primary N) is 1. The number of ether oxygens (including phenoxy) is 1. The van der Waals surface area contributed by atoms with Gasteiger partial charge in [0.05, 0.1) is 16.6 Å². The Kier molecular flexibility index (Phi) is 4.53. The van der Waals surface area contributed by atoms with Gasteiger partial charge in [0.15, 0.2) is 5.75 Å². The third-order valence-corrected chi connectivity index (χ3v) is 5.64. The van der Waals surface area contributed by atoms with Crippen molar-refractivity contribution < 1.29 is 9.53 Å². The summed E-state index contributed by atoms with van der Waals surface area (Å²) in [7, 11) is 0. The van der Waals surface area contributed by atoms with E-state index in [2.05, 4.69) is 5.32 Å². The van der Waals surface area contributed by atoms with E-state index in [1.807, 2.05) is 24.0 Å². The number of carbonyl (C=O) groups excluding carboxylic acids is 1. The van der Waals surface area contributed by atoms with E-state index in [9.17, 15) is 4.79 Å². The summed E-state index contributed by atoms with van der Waals surface area (Å²) in [4.78, 5) is 14.9. The van der Waals surface area contributed by atoms with Crippen LogP contribution < -0.4 is 15.8 Å². The van der Waals surface area contributed by atoms with Crippen LogP contribution in [0.2, 0.25) is 5.02 Å². The van der Waals surface area contributed by atoms with Crippen molar-refractivity contribution in [2.24, 2.45) is 0 Å². The fraction of sp³-hybridized carbons (Fsp3) is 0.300. The number of nitrogens with zero attached hydrogens (tertiary/aromatic N) is 1. The number of nitrogen functional groups attached to an aromatic ring is 1. The first-order chi connectivity index (χ1) is 13.0. The number of rotatable bonds is 2. The average Bonchev–Trinajstić information content (AvgIpc) is 2.82. The van der Waals surface area contributed by atoms with Gasteiger partial charge in [0.2, 0.25) is 0 Å². The normalized spacial score (nSPS) is 19.0. The zero-order valence-electron chi connectivity index (χ0n) is 15.0. The number of benzene rings is 2. The van der Waals surface area contributed by atoms with Gasteiger partial charge in [-0.1, -0.05) is 23.7 Å². The maximum Gasteiger partial charge on any atom is 0.258 e. The van der Waals surface area contributed by atoms with Crippen LogP contribution in [0.4, 0.5) is 5.69 Å². The van der Waals surface area contributed by atoms with Gasteiger partial charge in [0, 0.05) is 42.7 Å². The standard InChI is InChI=1S/C20H21ClN4O2/c1-11-2-5-16(23)15(8-22)17(11)13-3-4-14-19(18(13)21)27-10-12-9-24-6-7-25(12)20(14)26/h2-5,8,12,22,24H,6-7,9-10,23H2,1H3/t12-/m0/s1. The molecule has 0 bridgehead atoms. The van der Waals surface area contributed by atoms with E-state index in [0.717, 1.165) is 17.7 Å². The number of nitrogens with one attached hydrogen (secondary N) is 2. The second kappa shape index (κ2) is 6.87. The van der Waals surface area contributed by atoms with Crippen molar-refractivity contribution in [3.8, 4) is 16.9 Å². The summed E-state index contributed by atoms with van der Waals surface area (Å²) in [6.07, 6.45) is 1.23. The zero-order valence-corrected chi connectivity index (χ0v) is 15.8. The molecule has 2 aliphatic rings. The van der Waals surface area contributed by atoms with E-state index < -0.39 is 0 Å². The molecule has 0 spiro atoms. The van der Waals surface area contributed by atoms with Gasteiger partial charge in [0.25, 0.3) is 5.91 Å². The summed E-state index contributed by atoms with van der Waals surface area (Å²) in [5.74, 6) is 0.352. The van der Waals surface area contributed by atoms with E-state index in [0.29, 0.717) is 52.8 Å². The summed E-state index contributed by atoms with van der Waals surface area (Å²) in [5.41, 5.74) is 10.1. The van der Waals surface area contributed by atoms with E-state index in [-0.39, 0.29) is 11.9 Å². The zero-order chi connectivity index (χ0) is 19.1. The van der Waals surface area contributed by atoms with Gasteiger partial charge in [-0.15, -0.1) is 0 Å². The lowest BCUT2D eigenvalue weighted by molar-refractivity contribution is 0.0606. The van der Waals surface area contributed by atoms with Crippen molar-refractivity contribution >= 4 is 29.4 Å². The Balaban J connectivity index is 1.87. The molecule has 2 aliphatic heterocycles. The molecule has 4 rings (SSSR count). The Morgan fingerprint density at radius 2 is 2.11 bits per heavy atom. The molecule has 1 fully saturated rings. The molecule has 2 heterocycles. The molecule has 6 nitrogen and oxygen atoms in total. The molecule has 1 amide bonds. The van der Waals surface area contributed by atoms with Crippen LogP contribution in [-0.4, -0.2) is 49.3 Å². The monoisotopic (exact) mass is 384 g/mol. The molecule has 0 unspecified atom stereocenters. The number of aryl methyl sites for hydroxylation is 1. The number of halogens is 1. The largest absolute Gasteiger partial charge is 0.489 e. The number of hydrogen-bond donors (Lipinski definition) is 3. The highest BCUT2D eigenvalue weighted by Gasteiger charge is 2.34. The van der Waals surface area contributed by atoms with Crippen molar-refractivity contribution in [1.82, 2.24) is 10.2 Å². The summed E-state index contributed by atoms with van der Waals surface area (Å²) >= 11 is 6.72. The summed E-state index contributed by atoms with van der Waals surface area (Å²) < 4.78 is 6.00. The molecule has 1 saturated heterocycles. The van der Waals surface area contributed by atoms with Crippen LogP contribution in [0.5, 0.6) is 5.75 Å². The van der Waals surface area contributed by atoms with Crippen molar-refractivity contribution in [3.05, 3.63) is 46.0 Å². The SMILES string of the molecule is Cc1ccc(N)c(C=N)c1-c1ccc2c(c1Cl)OC[C@@H]1CNCCN1C2=O. The molecule has 0 saturated carbocycles. The van der Waals surface area contributed by atoms with Gasteiger partial charge < -0.3 is 26.1 Å². The lowest BCUT2D eigenvalue weighted by atomic mass is 9.93. The molecule has 0 aliphatic carbocycles. The molecule has 0 radical (unpaired) electrons. The van der Waals surface area contributed by atoms with Crippen molar-refractivity contribution in [2.45, 2.75) is 13.0 Å². The Bertz CT molecular complexity index is 944. The smallest absolute Gasteiger partial charge is 0.258 e. The van der Waals surface area contributed by atoms with Gasteiger partial charge in [-0.2, -0.15) is 0 Å². The minimum Gasteiger partial charge on any atom is -0.489 e. The molecular formula is C20H21ClN4O2. The van der Waals surface area contributed by atoms with Gasteiger partial charge in [0.1, 0.15) is 6.61 Å². The number of fused-ring (bicyclic) bond motifs is 2. The maximum atomic E-state index is 13.0. The Morgan fingerprint density at radius 1 is 1.33 bits per heavy atom. The molecule has 2 aromatic carbocycles. The second-order valence-corrected chi connectivity index (χ2v) is 7.25. The van der Waals surface area contributed by atoms with Crippen LogP contribution in [0.1, 0.15) is 21.5 Å². The predicted molar refractivity (Wildman–Crippen MR) is 107 cm³/mol. The van der Waals surface area contributed by atoms with E-state index in [1.54, 1.807) is 12.1 Å². The van der Waals surface area contributed by atoms with E-state index in [4.69, 9.17) is 27.5 Å². The highest BCUT2D eigenvalue weighted by molar-refractivity contribution is 6.35. The van der Waals surface area contributed by atoms with Gasteiger partial charge in [-0.3, -0.25) is 4.79 Å². The fourth-order valence-electron chi connectivity index (χ4n) is 3.83. The molecule has 140 valence electrons. The molecule has 7 heteroatoms. The van der Waals surface area contributed by atoms with Crippen LogP contribution >= 0.6 is 11.6 Å². The van der Waals surface area contributed by atoms with Crippen molar-refractivity contribution in [1.29, 1.82) is 5.41 Å². The second-order valence-electron chi connectivity index (χ2n) is 6.88. The third-order valence-electron chi connectivity index (χ3n) is 5.26. The van der Waals surface area contributed by atoms with Crippen molar-refractivity contribution in [3.63, 3.8) is 0 Å². The number of hydrogen-bond acceptors (Lipinski definition) is 5. The third kappa shape index (κ3) is 2.85. The highest BCUT2D eigenvalue weighted by Crippen LogP contribution is 2.42. The first-order valence-corrected chi connectivity index (χ1v) is 9.27. The molecule has 27 heavy (non-hydrogen) atoms. The number of piperazine rings is 1. The lowest BCUT2D eigenvalue weighted by Crippen LogP contribution is -2.54. The fourth-order valence-corrected chi connectivity index (χ4v) is 4.14. The lowest BCUT2D eigenvalue weighted by Gasteiger charge is -2.33. The van der Waals surface area contributed by atoms with E-state index in [1.165, 1.54) is 6.21 Å². The van der Waals surface area contributed by atoms with E-state index >= 15 is 0 Å². The maximum absolute atomic E-state index is 13.0. The molecule has 2 aromatic rings. The predicted octanol–water partition coefficient (Wildman–Crippen LogP) is 2.70. The summed E-state index contributed by atoms with van der Waals surface area (Å²) in [6, 6.07) is 7.25. The Hall–Kier alpha value is -2.57. The number of amides is 1. The molecule has 4 N–H and O–H groups in total. The number of carbonyl (C=O) groups is 1. The molecular weight excluding hydrogens is 364 g/mol. The Labute approximate surface area is 162 Å². The topological polar surface area (TPSA) is 91.4 Å². The van der Waals surface area contributed by atoms with Crippen molar-refractivity contribution in [2.75, 3.05) is 32.0 Å². The van der Waals surface area contributed by atoms with Gasteiger partial charge in [-0.05, 0) is 30.2 Å².